The van der Waals surface area contributed by atoms with Gasteiger partial charge in [0.25, 0.3) is 5.89 Å². The molecule has 9 heteroatoms. The molecule has 4 aromatic rings. The van der Waals surface area contributed by atoms with Gasteiger partial charge in [0.05, 0.1) is 5.69 Å². The van der Waals surface area contributed by atoms with E-state index in [4.69, 9.17) is 13.9 Å². The Bertz CT molecular complexity index is 1450. The summed E-state index contributed by atoms with van der Waals surface area (Å²) in [6.45, 7) is 10.2. The van der Waals surface area contributed by atoms with Gasteiger partial charge < -0.3 is 13.8 Å². The van der Waals surface area contributed by atoms with Crippen LogP contribution in [0.25, 0.3) is 22.9 Å². The van der Waals surface area contributed by atoms with Crippen molar-refractivity contribution in [3.8, 4) is 22.9 Å². The predicted molar refractivity (Wildman–Crippen MR) is 150 cm³/mol. The number of hydrogen-bond donors (Lipinski definition) is 0. The molecule has 0 N–H and O–H groups in total. The van der Waals surface area contributed by atoms with Gasteiger partial charge in [-0.2, -0.15) is 4.98 Å². The standard InChI is InChI=1S/C31H36N6O3/c1-21-4-6-23(7-5-21)27-33-26(22(2)39-27)20-36-16-10-25(11-17-36)29(38)37-18-12-31(3,13-19-37)30-34-28(40-35-30)24-8-14-32-15-9-24/h4-9,14-15,25H,10-13,16-20H2,1-3H3. The van der Waals surface area contributed by atoms with Gasteiger partial charge in [-0.15, -0.1) is 0 Å². The summed E-state index contributed by atoms with van der Waals surface area (Å²) in [5.41, 5.74) is 3.84. The van der Waals surface area contributed by atoms with Crippen molar-refractivity contribution >= 4 is 5.91 Å². The van der Waals surface area contributed by atoms with Crippen LogP contribution in [-0.4, -0.2) is 62.0 Å². The van der Waals surface area contributed by atoms with Gasteiger partial charge in [-0.25, -0.2) is 4.98 Å². The Morgan fingerprint density at radius 2 is 1.60 bits per heavy atom. The molecule has 5 heterocycles. The number of aryl methyl sites for hydroxylation is 2. The first-order chi connectivity index (χ1) is 19.4. The van der Waals surface area contributed by atoms with Gasteiger partial charge in [0.2, 0.25) is 11.8 Å². The van der Waals surface area contributed by atoms with Crippen LogP contribution in [0.2, 0.25) is 0 Å². The van der Waals surface area contributed by atoms with E-state index in [1.807, 2.05) is 36.1 Å². The third-order valence-corrected chi connectivity index (χ3v) is 8.57. The molecule has 3 aromatic heterocycles. The van der Waals surface area contributed by atoms with Crippen molar-refractivity contribution in [2.24, 2.45) is 5.92 Å². The molecule has 0 atom stereocenters. The number of oxazole rings is 1. The second-order valence-corrected chi connectivity index (χ2v) is 11.5. The summed E-state index contributed by atoms with van der Waals surface area (Å²) in [7, 11) is 0. The van der Waals surface area contributed by atoms with E-state index in [0.717, 1.165) is 67.9 Å². The van der Waals surface area contributed by atoms with E-state index in [2.05, 4.69) is 46.0 Å². The van der Waals surface area contributed by atoms with Gasteiger partial charge in [-0.3, -0.25) is 14.7 Å². The molecule has 1 aromatic carbocycles. The number of hydrogen-bond acceptors (Lipinski definition) is 8. The summed E-state index contributed by atoms with van der Waals surface area (Å²) < 4.78 is 11.5. The van der Waals surface area contributed by atoms with Crippen molar-refractivity contribution in [3.63, 3.8) is 0 Å². The lowest BCUT2D eigenvalue weighted by Crippen LogP contribution is -2.48. The van der Waals surface area contributed by atoms with Crippen LogP contribution in [0, 0.1) is 19.8 Å². The second kappa shape index (κ2) is 11.0. The molecule has 0 unspecified atom stereocenters. The normalized spacial score (nSPS) is 18.2. The lowest BCUT2D eigenvalue weighted by molar-refractivity contribution is -0.138. The maximum Gasteiger partial charge on any atom is 0.258 e. The number of rotatable bonds is 6. The summed E-state index contributed by atoms with van der Waals surface area (Å²) in [5.74, 6) is 3.12. The van der Waals surface area contributed by atoms with Crippen LogP contribution in [0.5, 0.6) is 0 Å². The Morgan fingerprint density at radius 3 is 2.30 bits per heavy atom. The molecule has 208 valence electrons. The van der Waals surface area contributed by atoms with Gasteiger partial charge in [0, 0.05) is 54.5 Å². The van der Waals surface area contributed by atoms with Crippen molar-refractivity contribution in [2.75, 3.05) is 26.2 Å². The first kappa shape index (κ1) is 26.4. The largest absolute Gasteiger partial charge is 0.441 e. The Labute approximate surface area is 234 Å². The third kappa shape index (κ3) is 5.43. The molecule has 0 saturated carbocycles. The molecule has 2 fully saturated rings. The van der Waals surface area contributed by atoms with E-state index < -0.39 is 0 Å². The molecule has 2 saturated heterocycles. The Morgan fingerprint density at radius 1 is 0.925 bits per heavy atom. The molecule has 0 radical (unpaired) electrons. The van der Waals surface area contributed by atoms with Crippen LogP contribution >= 0.6 is 0 Å². The number of benzene rings is 1. The average molecular weight is 541 g/mol. The molecule has 0 spiro atoms. The average Bonchev–Trinajstić information content (AvgIpc) is 3.62. The number of carbonyl (C=O) groups excluding carboxylic acids is 1. The zero-order valence-electron chi connectivity index (χ0n) is 23.5. The van der Waals surface area contributed by atoms with E-state index >= 15 is 0 Å². The van der Waals surface area contributed by atoms with Gasteiger partial charge in [0.15, 0.2) is 5.82 Å². The molecule has 0 bridgehead atoms. The molecule has 2 aliphatic rings. The molecular weight excluding hydrogens is 504 g/mol. The fraction of sp³-hybridized carbons (Fsp3) is 0.452. The van der Waals surface area contributed by atoms with E-state index in [-0.39, 0.29) is 17.2 Å². The van der Waals surface area contributed by atoms with E-state index in [1.165, 1.54) is 5.56 Å². The number of carbonyl (C=O) groups is 1. The number of piperidine rings is 2. The van der Waals surface area contributed by atoms with Gasteiger partial charge >= 0.3 is 0 Å². The number of likely N-dealkylation sites (tertiary alicyclic amines) is 2. The van der Waals surface area contributed by atoms with Crippen molar-refractivity contribution in [2.45, 2.75) is 58.4 Å². The SMILES string of the molecule is Cc1ccc(-c2nc(CN3CCC(C(=O)N4CCC(C)(c5noc(-c6ccncc6)n5)CC4)CC3)c(C)o2)cc1. The molecule has 2 aliphatic heterocycles. The quantitative estimate of drug-likeness (QED) is 0.329. The number of aromatic nitrogens is 4. The highest BCUT2D eigenvalue weighted by Gasteiger charge is 2.39. The Balaban J connectivity index is 1.00. The highest BCUT2D eigenvalue weighted by atomic mass is 16.5. The second-order valence-electron chi connectivity index (χ2n) is 11.5. The summed E-state index contributed by atoms with van der Waals surface area (Å²) in [6.07, 6.45) is 6.81. The Kier molecular flexibility index (Phi) is 7.23. The highest BCUT2D eigenvalue weighted by molar-refractivity contribution is 5.79. The smallest absolute Gasteiger partial charge is 0.258 e. The zero-order valence-corrected chi connectivity index (χ0v) is 23.5. The molecule has 9 nitrogen and oxygen atoms in total. The van der Waals surface area contributed by atoms with Gasteiger partial charge in [0.1, 0.15) is 5.76 Å². The number of nitrogens with zero attached hydrogens (tertiary/aromatic N) is 6. The minimum Gasteiger partial charge on any atom is -0.441 e. The number of pyridine rings is 1. The minimum absolute atomic E-state index is 0.0746. The summed E-state index contributed by atoms with van der Waals surface area (Å²) in [4.78, 5) is 31.4. The molecule has 6 rings (SSSR count). The zero-order chi connectivity index (χ0) is 27.7. The Hall–Kier alpha value is -3.85. The van der Waals surface area contributed by atoms with Crippen LogP contribution < -0.4 is 0 Å². The predicted octanol–water partition coefficient (Wildman–Crippen LogP) is 5.20. The van der Waals surface area contributed by atoms with Crippen molar-refractivity contribution in [1.82, 2.24) is 29.9 Å². The summed E-state index contributed by atoms with van der Waals surface area (Å²) in [5, 5.41) is 4.29. The first-order valence-corrected chi connectivity index (χ1v) is 14.2. The fourth-order valence-corrected chi connectivity index (χ4v) is 5.73. The van der Waals surface area contributed by atoms with Crippen molar-refractivity contribution in [1.29, 1.82) is 0 Å². The number of amides is 1. The third-order valence-electron chi connectivity index (χ3n) is 8.57. The van der Waals surface area contributed by atoms with Crippen molar-refractivity contribution in [3.05, 3.63) is 71.6 Å². The van der Waals surface area contributed by atoms with Crippen LogP contribution in [0.4, 0.5) is 0 Å². The van der Waals surface area contributed by atoms with Crippen molar-refractivity contribution < 1.29 is 13.7 Å². The first-order valence-electron chi connectivity index (χ1n) is 14.2. The molecule has 1 amide bonds. The van der Waals surface area contributed by atoms with Gasteiger partial charge in [-0.1, -0.05) is 29.8 Å². The van der Waals surface area contributed by atoms with Crippen LogP contribution in [0.3, 0.4) is 0 Å². The lowest BCUT2D eigenvalue weighted by atomic mass is 9.79. The highest BCUT2D eigenvalue weighted by Crippen LogP contribution is 2.35. The summed E-state index contributed by atoms with van der Waals surface area (Å²) in [6, 6.07) is 12.0. The van der Waals surface area contributed by atoms with Crippen LogP contribution in [0.15, 0.2) is 57.7 Å². The van der Waals surface area contributed by atoms with Gasteiger partial charge in [-0.05, 0) is 76.9 Å². The van der Waals surface area contributed by atoms with E-state index in [1.54, 1.807) is 12.4 Å². The van der Waals surface area contributed by atoms with Crippen LogP contribution in [0.1, 0.15) is 55.4 Å². The molecule has 40 heavy (non-hydrogen) atoms. The topological polar surface area (TPSA) is 101 Å². The minimum atomic E-state index is -0.207. The van der Waals surface area contributed by atoms with E-state index in [9.17, 15) is 4.79 Å². The molecular formula is C31H36N6O3. The lowest BCUT2D eigenvalue weighted by Gasteiger charge is -2.40. The van der Waals surface area contributed by atoms with Crippen LogP contribution in [-0.2, 0) is 16.8 Å². The maximum absolute atomic E-state index is 13.4. The fourth-order valence-electron chi connectivity index (χ4n) is 5.73. The molecule has 0 aliphatic carbocycles. The summed E-state index contributed by atoms with van der Waals surface area (Å²) >= 11 is 0. The van der Waals surface area contributed by atoms with E-state index in [0.29, 0.717) is 30.7 Å². The monoisotopic (exact) mass is 540 g/mol. The maximum atomic E-state index is 13.4.